The van der Waals surface area contributed by atoms with E-state index in [9.17, 15) is 0 Å². The lowest BCUT2D eigenvalue weighted by atomic mass is 9.84. The molecule has 0 radical (unpaired) electrons. The Morgan fingerprint density at radius 2 is 0.736 bits per heavy atom. The molecule has 0 aliphatic carbocycles. The van der Waals surface area contributed by atoms with Crippen LogP contribution in [0.5, 0.6) is 0 Å². The van der Waals surface area contributed by atoms with Gasteiger partial charge in [-0.25, -0.2) is 0 Å². The van der Waals surface area contributed by atoms with Crippen molar-refractivity contribution in [1.29, 1.82) is 0 Å². The zero-order valence-electron chi connectivity index (χ0n) is 28.4. The lowest BCUT2D eigenvalue weighted by Crippen LogP contribution is -1.92. The van der Waals surface area contributed by atoms with Crippen LogP contribution in [0, 0.1) is 0 Å². The van der Waals surface area contributed by atoms with Crippen molar-refractivity contribution in [3.63, 3.8) is 0 Å². The van der Waals surface area contributed by atoms with Crippen molar-refractivity contribution < 1.29 is 13.3 Å². The molecular weight excluding hydrogens is 649 g/mol. The molecule has 0 saturated heterocycles. The topological polar surface area (TPSA) is 39.4 Å². The van der Waals surface area contributed by atoms with Crippen LogP contribution in [0.1, 0.15) is 0 Å². The Hall–Kier alpha value is -7.10. The van der Waals surface area contributed by atoms with E-state index in [1.807, 2.05) is 30.3 Å². The van der Waals surface area contributed by atoms with Gasteiger partial charge in [0.1, 0.15) is 33.5 Å². The van der Waals surface area contributed by atoms with E-state index in [2.05, 4.69) is 140 Å². The number of hydrogen-bond donors (Lipinski definition) is 0. The molecule has 53 heavy (non-hydrogen) atoms. The highest BCUT2D eigenvalue weighted by molar-refractivity contribution is 6.27. The first kappa shape index (κ1) is 28.6. The Bertz CT molecular complexity index is 3410. The average Bonchev–Trinajstić information content (AvgIpc) is 3.91. The van der Waals surface area contributed by atoms with E-state index in [-0.39, 0.29) is 0 Å². The third-order valence-electron chi connectivity index (χ3n) is 11.1. The molecule has 0 fully saturated rings. The first-order chi connectivity index (χ1) is 26.3. The van der Waals surface area contributed by atoms with E-state index >= 15 is 0 Å². The fraction of sp³-hybridized carbons (Fsp3) is 0. The predicted molar refractivity (Wildman–Crippen MR) is 220 cm³/mol. The molecule has 3 aromatic heterocycles. The van der Waals surface area contributed by atoms with Gasteiger partial charge in [-0.15, -0.1) is 0 Å². The third-order valence-corrected chi connectivity index (χ3v) is 11.1. The molecule has 3 heterocycles. The summed E-state index contributed by atoms with van der Waals surface area (Å²) in [7, 11) is 0. The number of benzene rings is 9. The van der Waals surface area contributed by atoms with E-state index in [1.165, 1.54) is 38.2 Å². The maximum Gasteiger partial charge on any atom is 0.143 e. The monoisotopic (exact) mass is 676 g/mol. The molecule has 0 atom stereocenters. The SMILES string of the molecule is c1ccc2c(c1)oc1cc(-c3ccc(-c4c5ccccc5c(-c5ccc6oc7ccccc7c6c5)c5ccccc45)c4c3oc3ccccc34)ccc12. The molecule has 0 aliphatic heterocycles. The summed E-state index contributed by atoms with van der Waals surface area (Å²) in [5, 5.41) is 11.5. The van der Waals surface area contributed by atoms with Gasteiger partial charge in [-0.05, 0) is 97.9 Å². The summed E-state index contributed by atoms with van der Waals surface area (Å²) in [5.41, 5.74) is 12.1. The van der Waals surface area contributed by atoms with E-state index in [0.29, 0.717) is 0 Å². The first-order valence-corrected chi connectivity index (χ1v) is 18.0. The number of furan rings is 3. The average molecular weight is 677 g/mol. The molecular formula is C50H28O3. The highest BCUT2D eigenvalue weighted by atomic mass is 16.3. The second-order valence-corrected chi connectivity index (χ2v) is 13.9. The van der Waals surface area contributed by atoms with Crippen LogP contribution in [-0.4, -0.2) is 0 Å². The number of para-hydroxylation sites is 3. The molecule has 0 spiro atoms. The van der Waals surface area contributed by atoms with Crippen molar-refractivity contribution in [3.8, 4) is 33.4 Å². The highest BCUT2D eigenvalue weighted by Crippen LogP contribution is 2.49. The van der Waals surface area contributed by atoms with Gasteiger partial charge in [0.2, 0.25) is 0 Å². The summed E-state index contributed by atoms with van der Waals surface area (Å²) in [6.45, 7) is 0. The van der Waals surface area contributed by atoms with Crippen LogP contribution in [0.4, 0.5) is 0 Å². The zero-order chi connectivity index (χ0) is 34.6. The largest absolute Gasteiger partial charge is 0.456 e. The van der Waals surface area contributed by atoms with Gasteiger partial charge in [0.15, 0.2) is 0 Å². The van der Waals surface area contributed by atoms with Gasteiger partial charge in [0.25, 0.3) is 0 Å². The van der Waals surface area contributed by atoms with Crippen LogP contribution < -0.4 is 0 Å². The molecule has 3 nitrogen and oxygen atoms in total. The molecule has 0 saturated carbocycles. The van der Waals surface area contributed by atoms with E-state index in [1.54, 1.807) is 0 Å². The Labute approximate surface area is 302 Å². The molecule has 12 aromatic rings. The van der Waals surface area contributed by atoms with Gasteiger partial charge in [0, 0.05) is 37.9 Å². The minimum Gasteiger partial charge on any atom is -0.456 e. The van der Waals surface area contributed by atoms with E-state index in [4.69, 9.17) is 13.3 Å². The fourth-order valence-corrected chi connectivity index (χ4v) is 8.77. The summed E-state index contributed by atoms with van der Waals surface area (Å²) in [6.07, 6.45) is 0. The minimum atomic E-state index is 0.867. The maximum absolute atomic E-state index is 6.82. The smallest absolute Gasteiger partial charge is 0.143 e. The number of fused-ring (bicyclic) bond motifs is 11. The van der Waals surface area contributed by atoms with Crippen molar-refractivity contribution >= 4 is 87.4 Å². The van der Waals surface area contributed by atoms with E-state index in [0.717, 1.165) is 82.5 Å². The van der Waals surface area contributed by atoms with E-state index < -0.39 is 0 Å². The lowest BCUT2D eigenvalue weighted by molar-refractivity contribution is 0.668. The second-order valence-electron chi connectivity index (χ2n) is 13.9. The van der Waals surface area contributed by atoms with Crippen molar-refractivity contribution in [1.82, 2.24) is 0 Å². The molecule has 0 aliphatic rings. The Morgan fingerprint density at radius 3 is 1.42 bits per heavy atom. The summed E-state index contributed by atoms with van der Waals surface area (Å²) in [4.78, 5) is 0. The fourth-order valence-electron chi connectivity index (χ4n) is 8.77. The molecule has 0 unspecified atom stereocenters. The lowest BCUT2D eigenvalue weighted by Gasteiger charge is -2.19. The van der Waals surface area contributed by atoms with Crippen molar-refractivity contribution in [2.24, 2.45) is 0 Å². The molecule has 9 aromatic carbocycles. The standard InChI is InChI=1S/C50H28O3/c1-3-15-37-35(13-1)47(30-22-26-45-41(27-30)33-12-6-9-19-43(33)51-45)36-14-2-4-16-38(36)48(37)40-25-24-31(50-49(40)39-17-7-10-20-44(39)53-50)29-21-23-34-32-11-5-8-18-42(32)52-46(34)28-29/h1-28H. The predicted octanol–water partition coefficient (Wildman–Crippen LogP) is 14.7. The number of hydrogen-bond acceptors (Lipinski definition) is 3. The quantitative estimate of drug-likeness (QED) is 0.175. The Kier molecular flexibility index (Phi) is 5.77. The van der Waals surface area contributed by atoms with Gasteiger partial charge in [-0.1, -0.05) is 121 Å². The molecule has 0 bridgehead atoms. The first-order valence-electron chi connectivity index (χ1n) is 18.0. The van der Waals surface area contributed by atoms with Gasteiger partial charge < -0.3 is 13.3 Å². The van der Waals surface area contributed by atoms with Crippen LogP contribution >= 0.6 is 0 Å². The normalized spacial score (nSPS) is 12.2. The van der Waals surface area contributed by atoms with Crippen molar-refractivity contribution in [2.75, 3.05) is 0 Å². The molecule has 3 heteroatoms. The second kappa shape index (κ2) is 10.7. The van der Waals surface area contributed by atoms with Gasteiger partial charge in [-0.2, -0.15) is 0 Å². The van der Waals surface area contributed by atoms with Crippen LogP contribution in [0.3, 0.4) is 0 Å². The molecule has 246 valence electrons. The Balaban J connectivity index is 1.15. The van der Waals surface area contributed by atoms with Crippen LogP contribution in [0.15, 0.2) is 183 Å². The van der Waals surface area contributed by atoms with Crippen molar-refractivity contribution in [3.05, 3.63) is 170 Å². The van der Waals surface area contributed by atoms with Crippen LogP contribution in [-0.2, 0) is 0 Å². The van der Waals surface area contributed by atoms with Crippen LogP contribution in [0.2, 0.25) is 0 Å². The highest BCUT2D eigenvalue weighted by Gasteiger charge is 2.23. The van der Waals surface area contributed by atoms with Crippen molar-refractivity contribution in [2.45, 2.75) is 0 Å². The van der Waals surface area contributed by atoms with Gasteiger partial charge in [-0.3, -0.25) is 0 Å². The summed E-state index contributed by atoms with van der Waals surface area (Å²) in [5.74, 6) is 0. The molecule has 12 rings (SSSR count). The summed E-state index contributed by atoms with van der Waals surface area (Å²) < 4.78 is 19.4. The third kappa shape index (κ3) is 4.05. The zero-order valence-corrected chi connectivity index (χ0v) is 28.4. The minimum absolute atomic E-state index is 0.867. The number of rotatable bonds is 3. The van der Waals surface area contributed by atoms with Gasteiger partial charge in [0.05, 0.1) is 0 Å². The Morgan fingerprint density at radius 1 is 0.264 bits per heavy atom. The summed E-state index contributed by atoms with van der Waals surface area (Å²) in [6, 6.07) is 60.2. The molecule has 0 amide bonds. The maximum atomic E-state index is 6.82. The summed E-state index contributed by atoms with van der Waals surface area (Å²) >= 11 is 0. The van der Waals surface area contributed by atoms with Crippen LogP contribution in [0.25, 0.3) is 121 Å². The van der Waals surface area contributed by atoms with Gasteiger partial charge >= 0.3 is 0 Å². The molecule has 0 N–H and O–H groups in total.